The summed E-state index contributed by atoms with van der Waals surface area (Å²) in [4.78, 5) is 95.5. The number of imide groups is 2. The number of benzene rings is 1. The number of piperidine rings is 1. The summed E-state index contributed by atoms with van der Waals surface area (Å²) in [5.74, 6) is 5.99. The van der Waals surface area contributed by atoms with Gasteiger partial charge in [0.15, 0.2) is 0 Å². The molecule has 74 heavy (non-hydrogen) atoms. The van der Waals surface area contributed by atoms with Gasteiger partial charge in [0.25, 0.3) is 23.3 Å². The zero-order chi connectivity index (χ0) is 51.7. The predicted octanol–water partition coefficient (Wildman–Crippen LogP) is 5.82. The molecule has 11 rings (SSSR count). The number of piperazine rings is 1. The molecule has 17 heteroatoms. The Labute approximate surface area is 429 Å². The van der Waals surface area contributed by atoms with Crippen molar-refractivity contribution in [3.05, 3.63) is 117 Å². The van der Waals surface area contributed by atoms with Crippen LogP contribution in [0.2, 0.25) is 0 Å². The molecule has 4 aliphatic heterocycles. The number of aromatic nitrogens is 4. The molecule has 4 aromatic heterocycles. The number of anilines is 4. The van der Waals surface area contributed by atoms with Crippen molar-refractivity contribution in [1.82, 2.24) is 34.2 Å². The lowest BCUT2D eigenvalue weighted by atomic mass is 9.84. The molecule has 2 saturated heterocycles. The highest BCUT2D eigenvalue weighted by molar-refractivity contribution is 6.23. The van der Waals surface area contributed by atoms with E-state index in [0.29, 0.717) is 70.3 Å². The van der Waals surface area contributed by atoms with Gasteiger partial charge in [-0.2, -0.15) is 0 Å². The van der Waals surface area contributed by atoms with Crippen molar-refractivity contribution in [2.24, 2.45) is 24.3 Å². The standard InChI is InChI=1S/C57H62N10O7/c1-33(2)48-31-63(38-11-8-34(9-12-38)6-7-35-10-14-41-42(24-35)54(72)67(53(41)71)45-15-17-50(69)61-52(45)70)20-21-64(48)39-13-16-49(59-29-39)60-44-25-37(30-62(5)55(44)73)40-18-19-58-51(43(40)32-68)66-23-22-65-46(56(66)74)26-36-27-57(3,4)28-47(36)65/h10,13-14,16,18-19,24-26,29-30,33-34,38,45,48,68H,8-9,11-12,15,17,20-23,27-28,31-32H2,1-5H3,(H,59,60)(H,61,69,70)/t34?,38?,45?,48-/m1/s1. The lowest BCUT2D eigenvalue weighted by Crippen LogP contribution is -2.58. The Balaban J connectivity index is 0.720. The molecule has 1 unspecified atom stereocenters. The Morgan fingerprint density at radius 2 is 1.65 bits per heavy atom. The number of rotatable bonds is 9. The number of carbonyl (C=O) groups excluding carboxylic acids is 5. The number of hydrogen-bond acceptors (Lipinski definition) is 12. The summed E-state index contributed by atoms with van der Waals surface area (Å²) < 4.78 is 3.67. The van der Waals surface area contributed by atoms with Gasteiger partial charge in [-0.25, -0.2) is 9.97 Å². The van der Waals surface area contributed by atoms with Crippen molar-refractivity contribution in [1.29, 1.82) is 0 Å². The first-order valence-electron chi connectivity index (χ1n) is 26.0. The van der Waals surface area contributed by atoms with Crippen LogP contribution >= 0.6 is 0 Å². The molecular weight excluding hydrogens is 937 g/mol. The molecule has 3 fully saturated rings. The van der Waals surface area contributed by atoms with Gasteiger partial charge in [0.1, 0.15) is 29.1 Å². The van der Waals surface area contributed by atoms with Crippen LogP contribution in [-0.2, 0) is 42.6 Å². The maximum Gasteiger partial charge on any atom is 0.276 e. The number of amides is 5. The van der Waals surface area contributed by atoms with Gasteiger partial charge in [0.2, 0.25) is 11.8 Å². The molecule has 5 aromatic rings. The molecule has 0 bridgehead atoms. The van der Waals surface area contributed by atoms with E-state index in [9.17, 15) is 33.9 Å². The maximum absolute atomic E-state index is 14.0. The van der Waals surface area contributed by atoms with Crippen LogP contribution in [0, 0.1) is 29.1 Å². The Bertz CT molecular complexity index is 3260. The summed E-state index contributed by atoms with van der Waals surface area (Å²) in [5, 5.41) is 16.3. The quantitative estimate of drug-likeness (QED) is 0.119. The van der Waals surface area contributed by atoms with Crippen molar-refractivity contribution in [2.45, 2.75) is 110 Å². The van der Waals surface area contributed by atoms with Crippen LogP contribution in [0.5, 0.6) is 0 Å². The minimum Gasteiger partial charge on any atom is -0.392 e. The van der Waals surface area contributed by atoms with Crippen molar-refractivity contribution in [3.8, 4) is 23.0 Å². The summed E-state index contributed by atoms with van der Waals surface area (Å²) >= 11 is 0. The first-order valence-corrected chi connectivity index (χ1v) is 26.0. The Kier molecular flexibility index (Phi) is 12.6. The van der Waals surface area contributed by atoms with E-state index in [1.54, 1.807) is 48.6 Å². The molecule has 1 saturated carbocycles. The third-order valence-corrected chi connectivity index (χ3v) is 16.2. The molecular formula is C57H62N10O7. The van der Waals surface area contributed by atoms with Crippen LogP contribution in [0.1, 0.15) is 120 Å². The number of aliphatic hydroxyl groups excluding tert-OH is 1. The number of pyridine rings is 3. The average molecular weight is 999 g/mol. The molecule has 382 valence electrons. The number of nitrogens with one attached hydrogen (secondary N) is 2. The van der Waals surface area contributed by atoms with Gasteiger partial charge in [-0.1, -0.05) is 39.5 Å². The molecule has 3 N–H and O–H groups in total. The molecule has 6 aliphatic rings. The topological polar surface area (TPSA) is 195 Å². The van der Waals surface area contributed by atoms with Crippen LogP contribution in [0.15, 0.2) is 71.9 Å². The van der Waals surface area contributed by atoms with Gasteiger partial charge < -0.3 is 24.5 Å². The van der Waals surface area contributed by atoms with E-state index in [4.69, 9.17) is 4.98 Å². The van der Waals surface area contributed by atoms with E-state index in [2.05, 4.69) is 75.6 Å². The number of aryl methyl sites for hydroxylation is 1. The van der Waals surface area contributed by atoms with E-state index < -0.39 is 29.7 Å². The van der Waals surface area contributed by atoms with Crippen molar-refractivity contribution in [2.75, 3.05) is 41.3 Å². The second-order valence-electron chi connectivity index (χ2n) is 22.0. The number of nitrogens with zero attached hydrogens (tertiary/aromatic N) is 8. The molecule has 0 radical (unpaired) electrons. The summed E-state index contributed by atoms with van der Waals surface area (Å²) in [6, 6.07) is 14.3. The summed E-state index contributed by atoms with van der Waals surface area (Å²) in [5.41, 5.74) is 7.40. The Morgan fingerprint density at radius 1 is 0.851 bits per heavy atom. The van der Waals surface area contributed by atoms with Gasteiger partial charge >= 0.3 is 0 Å². The second-order valence-corrected chi connectivity index (χ2v) is 22.0. The molecule has 2 atom stereocenters. The number of hydrogen-bond donors (Lipinski definition) is 3. The predicted molar refractivity (Wildman–Crippen MR) is 279 cm³/mol. The van der Waals surface area contributed by atoms with Gasteiger partial charge in [-0.3, -0.25) is 48.8 Å². The minimum absolute atomic E-state index is 0.0703. The summed E-state index contributed by atoms with van der Waals surface area (Å²) in [6.07, 6.45) is 11.3. The highest BCUT2D eigenvalue weighted by Crippen LogP contribution is 2.41. The number of aliphatic hydroxyl groups is 1. The molecule has 8 heterocycles. The molecule has 5 amide bonds. The van der Waals surface area contributed by atoms with Crippen LogP contribution in [0.25, 0.3) is 11.1 Å². The van der Waals surface area contributed by atoms with Gasteiger partial charge in [-0.15, -0.1) is 0 Å². The van der Waals surface area contributed by atoms with Gasteiger partial charge in [0.05, 0.1) is 29.6 Å². The van der Waals surface area contributed by atoms with Crippen LogP contribution < -0.4 is 26.0 Å². The number of fused-ring (bicyclic) bond motifs is 4. The summed E-state index contributed by atoms with van der Waals surface area (Å²) in [6.45, 7) is 12.4. The van der Waals surface area contributed by atoms with Crippen LogP contribution in [0.4, 0.5) is 23.0 Å². The van der Waals surface area contributed by atoms with Gasteiger partial charge in [0, 0.05) is 99.0 Å². The smallest absolute Gasteiger partial charge is 0.276 e. The lowest BCUT2D eigenvalue weighted by Gasteiger charge is -2.48. The maximum atomic E-state index is 14.0. The highest BCUT2D eigenvalue weighted by atomic mass is 16.3. The monoisotopic (exact) mass is 998 g/mol. The van der Waals surface area contributed by atoms with E-state index in [1.807, 2.05) is 24.4 Å². The van der Waals surface area contributed by atoms with E-state index >= 15 is 0 Å². The molecule has 0 spiro atoms. The SMILES string of the molecule is CC(C)[C@H]1CN(C2CCC(C#Cc3ccc4c(c3)C(=O)N(C3CCC(=O)NC3=O)C4=O)CC2)CCN1c1ccc(Nc2cc(-c3ccnc(N4CCn5c(cc6c5CC(C)(C)C6)C4=O)c3CO)cn(C)c2=O)nc1. The largest absolute Gasteiger partial charge is 0.392 e. The summed E-state index contributed by atoms with van der Waals surface area (Å²) in [7, 11) is 1.69. The van der Waals surface area contributed by atoms with E-state index in [1.165, 1.54) is 15.8 Å². The average Bonchev–Trinajstić information content (AvgIpc) is 3.98. The van der Waals surface area contributed by atoms with Gasteiger partial charge in [-0.05, 0) is 116 Å². The first kappa shape index (κ1) is 48.8. The van der Waals surface area contributed by atoms with Crippen LogP contribution in [0.3, 0.4) is 0 Å². The Hall–Kier alpha value is -7.42. The van der Waals surface area contributed by atoms with Crippen molar-refractivity contribution < 1.29 is 29.1 Å². The second kappa shape index (κ2) is 19.1. The molecule has 1 aromatic carbocycles. The normalized spacial score (nSPS) is 22.6. The molecule has 2 aliphatic carbocycles. The van der Waals surface area contributed by atoms with Crippen molar-refractivity contribution in [3.63, 3.8) is 0 Å². The van der Waals surface area contributed by atoms with E-state index in [-0.39, 0.29) is 59.4 Å². The zero-order valence-corrected chi connectivity index (χ0v) is 42.6. The third kappa shape index (κ3) is 8.87. The van der Waals surface area contributed by atoms with Crippen molar-refractivity contribution >= 4 is 52.5 Å². The highest BCUT2D eigenvalue weighted by Gasteiger charge is 2.45. The fraction of sp³-hybridized carbons (Fsp3) is 0.439. The minimum atomic E-state index is -1.01. The number of carbonyl (C=O) groups is 5. The fourth-order valence-electron chi connectivity index (χ4n) is 12.3. The third-order valence-electron chi connectivity index (χ3n) is 16.2. The molecule has 17 nitrogen and oxygen atoms in total. The lowest BCUT2D eigenvalue weighted by molar-refractivity contribution is -0.136. The Morgan fingerprint density at radius 3 is 2.39 bits per heavy atom. The fourth-order valence-corrected chi connectivity index (χ4v) is 12.3. The van der Waals surface area contributed by atoms with Crippen LogP contribution in [-0.4, -0.2) is 108 Å². The zero-order valence-electron chi connectivity index (χ0n) is 42.6. The van der Waals surface area contributed by atoms with E-state index in [0.717, 1.165) is 68.7 Å². The first-order chi connectivity index (χ1) is 35.5.